The highest BCUT2D eigenvalue weighted by Crippen LogP contribution is 2.12. The molecule has 1 amide bonds. The van der Waals surface area contributed by atoms with Crippen molar-refractivity contribution >= 4 is 16.9 Å². The van der Waals surface area contributed by atoms with E-state index in [2.05, 4.69) is 25.5 Å². The first-order valence-electron chi connectivity index (χ1n) is 6.41. The van der Waals surface area contributed by atoms with Gasteiger partial charge < -0.3 is 10.3 Å². The second-order valence-corrected chi connectivity index (χ2v) is 4.64. The average molecular weight is 283 g/mol. The van der Waals surface area contributed by atoms with Crippen LogP contribution >= 0.6 is 0 Å². The largest absolute Gasteiger partial charge is 0.346 e. The van der Waals surface area contributed by atoms with Crippen molar-refractivity contribution in [1.82, 2.24) is 25.5 Å². The number of hydrogen-bond donors (Lipinski definition) is 3. The Labute approximate surface area is 119 Å². The number of pyridine rings is 2. The molecule has 3 heterocycles. The summed E-state index contributed by atoms with van der Waals surface area (Å²) in [5.74, 6) is -0.428. The maximum absolute atomic E-state index is 12.0. The Hall–Kier alpha value is -2.96. The first kappa shape index (κ1) is 13.0. The molecule has 0 aliphatic heterocycles. The molecule has 21 heavy (non-hydrogen) atoms. The fraction of sp³-hybridized carbons (Fsp3) is 0.143. The smallest absolute Gasteiger partial charge is 0.260 e. The zero-order valence-corrected chi connectivity index (χ0v) is 11.3. The number of H-pyrrole nitrogens is 2. The summed E-state index contributed by atoms with van der Waals surface area (Å²) in [6.07, 6.45) is 1.65. The Morgan fingerprint density at radius 3 is 3.00 bits per heavy atom. The fourth-order valence-corrected chi connectivity index (χ4v) is 2.05. The van der Waals surface area contributed by atoms with Crippen LogP contribution in [0.25, 0.3) is 11.0 Å². The van der Waals surface area contributed by atoms with Crippen molar-refractivity contribution in [2.45, 2.75) is 13.5 Å². The van der Waals surface area contributed by atoms with E-state index in [0.717, 1.165) is 11.1 Å². The molecule has 0 aliphatic carbocycles. The number of amides is 1. The molecule has 3 N–H and O–H groups in total. The molecule has 106 valence electrons. The third kappa shape index (κ3) is 2.53. The lowest BCUT2D eigenvalue weighted by Crippen LogP contribution is -2.29. The lowest BCUT2D eigenvalue weighted by atomic mass is 10.2. The molecule has 3 aromatic heterocycles. The number of nitrogens with one attached hydrogen (secondary N) is 3. The van der Waals surface area contributed by atoms with E-state index in [-0.39, 0.29) is 12.1 Å². The van der Waals surface area contributed by atoms with Crippen molar-refractivity contribution in [1.29, 1.82) is 0 Å². The molecule has 0 aliphatic rings. The van der Waals surface area contributed by atoms with E-state index in [1.807, 2.05) is 6.07 Å². The normalized spacial score (nSPS) is 10.7. The molecule has 0 spiro atoms. The maximum atomic E-state index is 12.0. The summed E-state index contributed by atoms with van der Waals surface area (Å²) in [4.78, 5) is 30.4. The molecule has 0 radical (unpaired) electrons. The van der Waals surface area contributed by atoms with Crippen LogP contribution in [0.5, 0.6) is 0 Å². The van der Waals surface area contributed by atoms with E-state index in [4.69, 9.17) is 0 Å². The number of hydrogen-bond acceptors (Lipinski definition) is 4. The Morgan fingerprint density at radius 1 is 1.33 bits per heavy atom. The Balaban J connectivity index is 1.78. The molecule has 0 atom stereocenters. The highest BCUT2D eigenvalue weighted by molar-refractivity contribution is 5.94. The number of carbonyl (C=O) groups excluding carboxylic acids is 1. The van der Waals surface area contributed by atoms with Gasteiger partial charge in [-0.05, 0) is 31.2 Å². The minimum absolute atomic E-state index is 0.0857. The second kappa shape index (κ2) is 5.20. The van der Waals surface area contributed by atoms with Gasteiger partial charge in [-0.15, -0.1) is 0 Å². The molecule has 7 heteroatoms. The van der Waals surface area contributed by atoms with Crippen LogP contribution in [-0.4, -0.2) is 26.1 Å². The zero-order chi connectivity index (χ0) is 14.8. The molecule has 0 aromatic carbocycles. The topological polar surface area (TPSA) is 104 Å². The summed E-state index contributed by atoms with van der Waals surface area (Å²) in [5, 5.41) is 10.4. The summed E-state index contributed by atoms with van der Waals surface area (Å²) in [6, 6.07) is 6.86. The van der Waals surface area contributed by atoms with Crippen LogP contribution < -0.4 is 10.9 Å². The van der Waals surface area contributed by atoms with E-state index in [0.29, 0.717) is 11.3 Å². The Bertz CT molecular complexity index is 865. The van der Waals surface area contributed by atoms with E-state index in [1.54, 1.807) is 25.3 Å². The van der Waals surface area contributed by atoms with Crippen LogP contribution in [0, 0.1) is 6.92 Å². The highest BCUT2D eigenvalue weighted by Gasteiger charge is 2.12. The van der Waals surface area contributed by atoms with Gasteiger partial charge in [0.25, 0.3) is 11.5 Å². The predicted octanol–water partition coefficient (Wildman–Crippen LogP) is 0.885. The van der Waals surface area contributed by atoms with Gasteiger partial charge in [0.2, 0.25) is 0 Å². The van der Waals surface area contributed by atoms with Gasteiger partial charge in [-0.3, -0.25) is 14.7 Å². The monoisotopic (exact) mass is 283 g/mol. The van der Waals surface area contributed by atoms with Crippen molar-refractivity contribution in [2.75, 3.05) is 0 Å². The van der Waals surface area contributed by atoms with Crippen molar-refractivity contribution < 1.29 is 4.79 Å². The molecular formula is C14H13N5O2. The fourth-order valence-electron chi connectivity index (χ4n) is 2.05. The number of nitrogens with zero attached hydrogens (tertiary/aromatic N) is 2. The van der Waals surface area contributed by atoms with Gasteiger partial charge in [-0.2, -0.15) is 5.10 Å². The first-order chi connectivity index (χ1) is 10.1. The van der Waals surface area contributed by atoms with Gasteiger partial charge in [0.15, 0.2) is 5.65 Å². The van der Waals surface area contributed by atoms with Crippen molar-refractivity contribution in [3.8, 4) is 0 Å². The minimum atomic E-state index is -0.428. The SMILES string of the molecule is Cc1ccc(C(=O)NCc2[nH]nc3ncccc23)c(=O)[nH]1. The van der Waals surface area contributed by atoms with Gasteiger partial charge in [0.1, 0.15) is 5.56 Å². The number of fused-ring (bicyclic) bond motifs is 1. The third-order valence-electron chi connectivity index (χ3n) is 3.13. The van der Waals surface area contributed by atoms with Gasteiger partial charge in [0.05, 0.1) is 12.2 Å². The van der Waals surface area contributed by atoms with Crippen LogP contribution in [0.1, 0.15) is 21.7 Å². The lowest BCUT2D eigenvalue weighted by Gasteiger charge is -2.04. The average Bonchev–Trinajstić information content (AvgIpc) is 2.88. The van der Waals surface area contributed by atoms with Gasteiger partial charge in [-0.1, -0.05) is 0 Å². The molecule has 0 bridgehead atoms. The standard InChI is InChI=1S/C14H13N5O2/c1-8-4-5-10(14(21)17-8)13(20)16-7-11-9-3-2-6-15-12(9)19-18-11/h2-6H,7H2,1H3,(H,16,20)(H,17,21)(H,15,18,19). The number of carbonyl (C=O) groups is 1. The van der Waals surface area contributed by atoms with Crippen molar-refractivity contribution in [3.05, 3.63) is 57.8 Å². The van der Waals surface area contributed by atoms with E-state index in [1.165, 1.54) is 6.07 Å². The quantitative estimate of drug-likeness (QED) is 0.664. The number of rotatable bonds is 3. The molecule has 0 unspecified atom stereocenters. The molecular weight excluding hydrogens is 270 g/mol. The lowest BCUT2D eigenvalue weighted by molar-refractivity contribution is 0.0949. The van der Waals surface area contributed by atoms with Gasteiger partial charge in [0, 0.05) is 17.3 Å². The number of aromatic amines is 2. The first-order valence-corrected chi connectivity index (χ1v) is 6.41. The summed E-state index contributed by atoms with van der Waals surface area (Å²) >= 11 is 0. The molecule has 0 fully saturated rings. The summed E-state index contributed by atoms with van der Waals surface area (Å²) in [6.45, 7) is 2.00. The highest BCUT2D eigenvalue weighted by atomic mass is 16.2. The Kier molecular flexibility index (Phi) is 3.23. The number of aryl methyl sites for hydroxylation is 1. The van der Waals surface area contributed by atoms with Crippen LogP contribution in [0.3, 0.4) is 0 Å². The van der Waals surface area contributed by atoms with Crippen LogP contribution in [0.15, 0.2) is 35.3 Å². The molecule has 0 saturated heterocycles. The third-order valence-corrected chi connectivity index (χ3v) is 3.13. The predicted molar refractivity (Wildman–Crippen MR) is 76.9 cm³/mol. The molecule has 3 rings (SSSR count). The van der Waals surface area contributed by atoms with E-state index in [9.17, 15) is 9.59 Å². The molecule has 3 aromatic rings. The van der Waals surface area contributed by atoms with Crippen molar-refractivity contribution in [3.63, 3.8) is 0 Å². The van der Waals surface area contributed by atoms with Crippen LogP contribution in [0.2, 0.25) is 0 Å². The summed E-state index contributed by atoms with van der Waals surface area (Å²) < 4.78 is 0. The second-order valence-electron chi connectivity index (χ2n) is 4.64. The van der Waals surface area contributed by atoms with Gasteiger partial charge >= 0.3 is 0 Å². The van der Waals surface area contributed by atoms with Crippen LogP contribution in [0.4, 0.5) is 0 Å². The minimum Gasteiger partial charge on any atom is -0.346 e. The molecule has 7 nitrogen and oxygen atoms in total. The number of aromatic nitrogens is 4. The van der Waals surface area contributed by atoms with Crippen LogP contribution in [-0.2, 0) is 6.54 Å². The maximum Gasteiger partial charge on any atom is 0.260 e. The summed E-state index contributed by atoms with van der Waals surface area (Å²) in [7, 11) is 0. The summed E-state index contributed by atoms with van der Waals surface area (Å²) in [5.41, 5.74) is 1.73. The Morgan fingerprint density at radius 2 is 2.19 bits per heavy atom. The van der Waals surface area contributed by atoms with E-state index >= 15 is 0 Å². The molecule has 0 saturated carbocycles. The van der Waals surface area contributed by atoms with Crippen molar-refractivity contribution in [2.24, 2.45) is 0 Å². The van der Waals surface area contributed by atoms with E-state index < -0.39 is 11.5 Å². The zero-order valence-electron chi connectivity index (χ0n) is 11.3. The van der Waals surface area contributed by atoms with Gasteiger partial charge in [-0.25, -0.2) is 4.98 Å².